The molecule has 2 N–H and O–H groups in total. The van der Waals surface area contributed by atoms with Crippen LogP contribution in [0.25, 0.3) is 0 Å². The molecule has 0 radical (unpaired) electrons. The molecule has 0 heterocycles. The van der Waals surface area contributed by atoms with Gasteiger partial charge in [0, 0.05) is 18.4 Å². The maximum Gasteiger partial charge on any atom is 0.416 e. The van der Waals surface area contributed by atoms with Crippen molar-refractivity contribution in [2.75, 3.05) is 11.0 Å². The first-order valence-electron chi connectivity index (χ1n) is 9.40. The maximum atomic E-state index is 13.2. The molecular weight excluding hydrogens is 526 g/mol. The predicted octanol–water partition coefficient (Wildman–Crippen LogP) is 4.50. The van der Waals surface area contributed by atoms with E-state index in [0.29, 0.717) is 18.2 Å². The second-order valence-electron chi connectivity index (χ2n) is 7.28. The van der Waals surface area contributed by atoms with Gasteiger partial charge in [-0.2, -0.15) is 26.3 Å². The minimum Gasteiger partial charge on any atom is -0.326 e. The highest BCUT2D eigenvalue weighted by Crippen LogP contribution is 2.33. The third-order valence-electron chi connectivity index (χ3n) is 4.40. The lowest BCUT2D eigenvalue weighted by Gasteiger charge is -2.16. The molecular formula is C20H18F6N2O5S2. The maximum absolute atomic E-state index is 13.2. The highest BCUT2D eigenvalue weighted by Gasteiger charge is 2.33. The van der Waals surface area contributed by atoms with E-state index in [9.17, 15) is 48.0 Å². The molecule has 0 aliphatic heterocycles. The van der Waals surface area contributed by atoms with Gasteiger partial charge in [0.05, 0.1) is 26.6 Å². The van der Waals surface area contributed by atoms with Crippen LogP contribution in [0.1, 0.15) is 28.8 Å². The SMILES string of the molecule is C=C(CCC(F)(F)F)NC(=O)c1ccc(C(F)(F)F)cc1NS(=O)(=O)c1ccc(S(C)(=O)=O)cc1. The summed E-state index contributed by atoms with van der Waals surface area (Å²) in [5.41, 5.74) is -3.14. The van der Waals surface area contributed by atoms with Gasteiger partial charge >= 0.3 is 12.4 Å². The first-order valence-corrected chi connectivity index (χ1v) is 12.8. The first-order chi connectivity index (χ1) is 15.8. The number of halogens is 6. The highest BCUT2D eigenvalue weighted by atomic mass is 32.2. The van der Waals surface area contributed by atoms with E-state index in [-0.39, 0.29) is 4.90 Å². The number of hydrogen-bond donors (Lipinski definition) is 2. The Morgan fingerprint density at radius 3 is 1.94 bits per heavy atom. The number of anilines is 1. The van der Waals surface area contributed by atoms with Crippen LogP contribution in [-0.2, 0) is 26.0 Å². The van der Waals surface area contributed by atoms with Crippen LogP contribution in [-0.4, -0.2) is 35.2 Å². The monoisotopic (exact) mass is 544 g/mol. The molecule has 2 aromatic rings. The number of carbonyl (C=O) groups excluding carboxylic acids is 1. The summed E-state index contributed by atoms with van der Waals surface area (Å²) < 4.78 is 127. The second kappa shape index (κ2) is 9.89. The van der Waals surface area contributed by atoms with Crippen molar-refractivity contribution in [3.8, 4) is 0 Å². The van der Waals surface area contributed by atoms with Crippen LogP contribution in [0, 0.1) is 0 Å². The Balaban J connectivity index is 2.41. The molecule has 0 aliphatic carbocycles. The Labute approximate surface area is 196 Å². The first kappa shape index (κ1) is 28.2. The number of allylic oxidation sites excluding steroid dienone is 1. The molecule has 0 fully saturated rings. The van der Waals surface area contributed by atoms with Crippen LogP contribution in [0.2, 0.25) is 0 Å². The van der Waals surface area contributed by atoms with Crippen molar-refractivity contribution in [1.29, 1.82) is 0 Å². The Hall–Kier alpha value is -3.07. The van der Waals surface area contributed by atoms with Crippen molar-refractivity contribution in [2.45, 2.75) is 35.0 Å². The van der Waals surface area contributed by atoms with E-state index < -0.39 is 78.4 Å². The van der Waals surface area contributed by atoms with Crippen molar-refractivity contribution < 1.29 is 48.0 Å². The summed E-state index contributed by atoms with van der Waals surface area (Å²) in [7, 11) is -8.28. The van der Waals surface area contributed by atoms with E-state index in [1.54, 1.807) is 0 Å². The minimum absolute atomic E-state index is 0.215. The number of amides is 1. The minimum atomic E-state index is -4.91. The van der Waals surface area contributed by atoms with Gasteiger partial charge in [-0.1, -0.05) is 6.58 Å². The number of benzene rings is 2. The molecule has 0 aliphatic rings. The van der Waals surface area contributed by atoms with Gasteiger partial charge in [-0.3, -0.25) is 9.52 Å². The molecule has 0 aromatic heterocycles. The lowest BCUT2D eigenvalue weighted by atomic mass is 10.1. The van der Waals surface area contributed by atoms with Gasteiger partial charge in [-0.05, 0) is 48.9 Å². The van der Waals surface area contributed by atoms with Crippen molar-refractivity contribution >= 4 is 31.5 Å². The highest BCUT2D eigenvalue weighted by molar-refractivity contribution is 7.92. The predicted molar refractivity (Wildman–Crippen MR) is 114 cm³/mol. The van der Waals surface area contributed by atoms with E-state index in [2.05, 4.69) is 6.58 Å². The fourth-order valence-corrected chi connectivity index (χ4v) is 4.36. The van der Waals surface area contributed by atoms with Crippen LogP contribution in [0.15, 0.2) is 64.5 Å². The van der Waals surface area contributed by atoms with Crippen LogP contribution in [0.5, 0.6) is 0 Å². The van der Waals surface area contributed by atoms with Gasteiger partial charge in [-0.25, -0.2) is 16.8 Å². The quantitative estimate of drug-likeness (QED) is 0.476. The summed E-state index contributed by atoms with van der Waals surface area (Å²) in [5.74, 6) is -1.20. The molecule has 2 rings (SSSR count). The fraction of sp³-hybridized carbons (Fsp3) is 0.250. The van der Waals surface area contributed by atoms with E-state index in [1.807, 2.05) is 10.0 Å². The number of rotatable bonds is 8. The molecule has 0 bridgehead atoms. The number of carbonyl (C=O) groups is 1. The number of alkyl halides is 6. The Bertz CT molecular complexity index is 1330. The summed E-state index contributed by atoms with van der Waals surface area (Å²) in [5, 5.41) is 2.00. The van der Waals surface area contributed by atoms with Gasteiger partial charge < -0.3 is 5.32 Å². The van der Waals surface area contributed by atoms with Crippen LogP contribution in [0.3, 0.4) is 0 Å². The number of sulfone groups is 1. The molecule has 0 saturated heterocycles. The Morgan fingerprint density at radius 2 is 1.46 bits per heavy atom. The molecule has 15 heteroatoms. The third kappa shape index (κ3) is 7.99. The van der Waals surface area contributed by atoms with E-state index in [1.165, 1.54) is 0 Å². The number of nitrogens with one attached hydrogen (secondary N) is 2. The summed E-state index contributed by atoms with van der Waals surface area (Å²) in [6.07, 6.45) is -10.6. The Kier molecular flexibility index (Phi) is 7.96. The van der Waals surface area contributed by atoms with Gasteiger partial charge in [0.2, 0.25) is 0 Å². The standard InChI is InChI=1S/C20H18F6N2O5S2/c1-12(9-10-19(21,22)23)27-18(29)16-8-3-13(20(24,25)26)11-17(16)28-35(32,33)15-6-4-14(5-7-15)34(2,30)31/h3-8,11,28H,1,9-10H2,2H3,(H,27,29). The van der Waals surface area contributed by atoms with Crippen LogP contribution in [0.4, 0.5) is 32.0 Å². The lowest BCUT2D eigenvalue weighted by Crippen LogP contribution is -2.25. The summed E-state index contributed by atoms with van der Waals surface area (Å²) in [4.78, 5) is 11.8. The molecule has 0 atom stereocenters. The van der Waals surface area contributed by atoms with Crippen LogP contribution >= 0.6 is 0 Å². The molecule has 0 unspecified atom stereocenters. The lowest BCUT2D eigenvalue weighted by molar-refractivity contribution is -0.137. The molecule has 7 nitrogen and oxygen atoms in total. The zero-order chi connectivity index (χ0) is 26.8. The summed E-state index contributed by atoms with van der Waals surface area (Å²) in [6, 6.07) is 5.21. The molecule has 0 spiro atoms. The average Bonchev–Trinajstić information content (AvgIpc) is 2.70. The second-order valence-corrected chi connectivity index (χ2v) is 11.0. The van der Waals surface area contributed by atoms with Crippen molar-refractivity contribution in [3.63, 3.8) is 0 Å². The number of sulfonamides is 1. The van der Waals surface area contributed by atoms with Gasteiger partial charge in [0.25, 0.3) is 15.9 Å². The van der Waals surface area contributed by atoms with Gasteiger partial charge in [0.1, 0.15) is 0 Å². The Morgan fingerprint density at radius 1 is 0.914 bits per heavy atom. The van der Waals surface area contributed by atoms with E-state index in [4.69, 9.17) is 0 Å². The third-order valence-corrected chi connectivity index (χ3v) is 6.91. The largest absolute Gasteiger partial charge is 0.416 e. The molecule has 35 heavy (non-hydrogen) atoms. The topological polar surface area (TPSA) is 109 Å². The fourth-order valence-electron chi connectivity index (χ4n) is 2.66. The molecule has 192 valence electrons. The summed E-state index contributed by atoms with van der Waals surface area (Å²) >= 11 is 0. The van der Waals surface area contributed by atoms with Crippen LogP contribution < -0.4 is 10.0 Å². The average molecular weight is 544 g/mol. The number of hydrogen-bond acceptors (Lipinski definition) is 5. The van der Waals surface area contributed by atoms with E-state index in [0.717, 1.165) is 30.5 Å². The zero-order valence-electron chi connectivity index (χ0n) is 17.8. The molecule has 2 aromatic carbocycles. The van der Waals surface area contributed by atoms with E-state index >= 15 is 0 Å². The summed E-state index contributed by atoms with van der Waals surface area (Å²) in [6.45, 7) is 3.26. The normalized spacial score (nSPS) is 12.8. The molecule has 0 saturated carbocycles. The van der Waals surface area contributed by atoms with Crippen molar-refractivity contribution in [1.82, 2.24) is 5.32 Å². The molecule has 1 amide bonds. The van der Waals surface area contributed by atoms with Crippen molar-refractivity contribution in [3.05, 3.63) is 65.9 Å². The van der Waals surface area contributed by atoms with Crippen molar-refractivity contribution in [2.24, 2.45) is 0 Å². The van der Waals surface area contributed by atoms with Gasteiger partial charge in [-0.15, -0.1) is 0 Å². The van der Waals surface area contributed by atoms with Gasteiger partial charge in [0.15, 0.2) is 9.84 Å². The smallest absolute Gasteiger partial charge is 0.326 e. The zero-order valence-corrected chi connectivity index (χ0v) is 19.4.